The second kappa shape index (κ2) is 6.03. The minimum Gasteiger partial charge on any atom is -0.325 e. The Morgan fingerprint density at radius 1 is 0.909 bits per heavy atom. The molecule has 0 bridgehead atoms. The zero-order valence-electron chi connectivity index (χ0n) is 12.3. The van der Waals surface area contributed by atoms with Crippen LogP contribution in [0.4, 0.5) is 4.39 Å². The smallest absolute Gasteiger partial charge is 0.160 e. The molecule has 0 radical (unpaired) electrons. The van der Waals surface area contributed by atoms with E-state index in [1.54, 1.807) is 12.1 Å². The van der Waals surface area contributed by atoms with Crippen molar-refractivity contribution in [1.82, 2.24) is 9.97 Å². The lowest BCUT2D eigenvalue weighted by molar-refractivity contribution is 0.628. The minimum atomic E-state index is -0.268. The van der Waals surface area contributed by atoms with Crippen LogP contribution in [0.5, 0.6) is 0 Å². The molecule has 0 saturated carbocycles. The summed E-state index contributed by atoms with van der Waals surface area (Å²) < 4.78 is 13.1. The van der Waals surface area contributed by atoms with Gasteiger partial charge in [-0.25, -0.2) is 14.4 Å². The van der Waals surface area contributed by atoms with Crippen molar-refractivity contribution in [2.75, 3.05) is 0 Å². The van der Waals surface area contributed by atoms with Crippen LogP contribution in [-0.2, 0) is 6.54 Å². The molecule has 2 aromatic carbocycles. The van der Waals surface area contributed by atoms with Crippen molar-refractivity contribution >= 4 is 0 Å². The third kappa shape index (κ3) is 3.02. The Hall–Kier alpha value is -2.59. The second-order valence-electron chi connectivity index (χ2n) is 5.15. The first-order chi connectivity index (χ1) is 10.7. The van der Waals surface area contributed by atoms with Gasteiger partial charge in [-0.1, -0.05) is 29.8 Å². The van der Waals surface area contributed by atoms with Crippen LogP contribution in [0.25, 0.3) is 22.6 Å². The van der Waals surface area contributed by atoms with E-state index in [2.05, 4.69) is 9.97 Å². The van der Waals surface area contributed by atoms with E-state index in [9.17, 15) is 4.39 Å². The highest BCUT2D eigenvalue weighted by atomic mass is 19.1. The van der Waals surface area contributed by atoms with E-state index in [4.69, 9.17) is 5.73 Å². The van der Waals surface area contributed by atoms with Gasteiger partial charge in [0.2, 0.25) is 0 Å². The fourth-order valence-corrected chi connectivity index (χ4v) is 2.20. The van der Waals surface area contributed by atoms with Crippen molar-refractivity contribution in [3.05, 3.63) is 71.7 Å². The van der Waals surface area contributed by atoms with Crippen LogP contribution < -0.4 is 5.73 Å². The van der Waals surface area contributed by atoms with Gasteiger partial charge < -0.3 is 5.73 Å². The molecule has 0 unspecified atom stereocenters. The molecule has 3 aromatic rings. The summed E-state index contributed by atoms with van der Waals surface area (Å²) in [6.45, 7) is 2.36. The van der Waals surface area contributed by atoms with Crippen LogP contribution in [-0.4, -0.2) is 9.97 Å². The van der Waals surface area contributed by atoms with Crippen molar-refractivity contribution in [3.8, 4) is 22.6 Å². The van der Waals surface area contributed by atoms with E-state index in [0.717, 1.165) is 22.5 Å². The van der Waals surface area contributed by atoms with Gasteiger partial charge in [0.1, 0.15) is 5.82 Å². The summed E-state index contributed by atoms with van der Waals surface area (Å²) in [5.74, 6) is 0.359. The normalized spacial score (nSPS) is 10.7. The molecule has 0 aliphatic heterocycles. The van der Waals surface area contributed by atoms with Crippen molar-refractivity contribution in [2.45, 2.75) is 13.5 Å². The molecule has 2 N–H and O–H groups in total. The van der Waals surface area contributed by atoms with Crippen LogP contribution in [0.3, 0.4) is 0 Å². The molecule has 0 aliphatic carbocycles. The summed E-state index contributed by atoms with van der Waals surface area (Å²) >= 11 is 0. The van der Waals surface area contributed by atoms with Crippen LogP contribution in [0.15, 0.2) is 54.6 Å². The van der Waals surface area contributed by atoms with Gasteiger partial charge in [0.05, 0.1) is 11.4 Å². The fourth-order valence-electron chi connectivity index (χ4n) is 2.20. The lowest BCUT2D eigenvalue weighted by atomic mass is 10.1. The molecule has 1 heterocycles. The number of aryl methyl sites for hydroxylation is 1. The van der Waals surface area contributed by atoms with Crippen molar-refractivity contribution in [1.29, 1.82) is 0 Å². The molecule has 22 heavy (non-hydrogen) atoms. The number of nitrogens with two attached hydrogens (primary N) is 1. The van der Waals surface area contributed by atoms with E-state index >= 15 is 0 Å². The lowest BCUT2D eigenvalue weighted by Gasteiger charge is -2.08. The maximum Gasteiger partial charge on any atom is 0.160 e. The molecule has 0 atom stereocenters. The Balaban J connectivity index is 2.10. The topological polar surface area (TPSA) is 51.8 Å². The zero-order chi connectivity index (χ0) is 15.5. The third-order valence-corrected chi connectivity index (χ3v) is 3.44. The Morgan fingerprint density at radius 3 is 2.18 bits per heavy atom. The van der Waals surface area contributed by atoms with Gasteiger partial charge in [-0.2, -0.15) is 0 Å². The third-order valence-electron chi connectivity index (χ3n) is 3.44. The minimum absolute atomic E-state index is 0.268. The van der Waals surface area contributed by atoms with E-state index in [1.807, 2.05) is 37.3 Å². The van der Waals surface area contributed by atoms with Gasteiger partial charge in [0.25, 0.3) is 0 Å². The maximum atomic E-state index is 13.1. The molecule has 0 amide bonds. The molecule has 3 rings (SSSR count). The molecular formula is C18H16FN3. The number of hydrogen-bond acceptors (Lipinski definition) is 3. The Morgan fingerprint density at radius 2 is 1.55 bits per heavy atom. The maximum absolute atomic E-state index is 13.1. The zero-order valence-corrected chi connectivity index (χ0v) is 12.3. The first-order valence-corrected chi connectivity index (χ1v) is 7.07. The fraction of sp³-hybridized carbons (Fsp3) is 0.111. The summed E-state index contributed by atoms with van der Waals surface area (Å²) in [6, 6.07) is 16.1. The molecule has 0 saturated heterocycles. The van der Waals surface area contributed by atoms with Crippen LogP contribution in [0.1, 0.15) is 11.3 Å². The van der Waals surface area contributed by atoms with Gasteiger partial charge in [0.15, 0.2) is 5.82 Å². The largest absolute Gasteiger partial charge is 0.325 e. The van der Waals surface area contributed by atoms with Gasteiger partial charge in [0, 0.05) is 17.7 Å². The summed E-state index contributed by atoms with van der Waals surface area (Å²) in [5.41, 5.74) is 10.2. The molecule has 0 fully saturated rings. The van der Waals surface area contributed by atoms with Crippen molar-refractivity contribution < 1.29 is 4.39 Å². The van der Waals surface area contributed by atoms with Gasteiger partial charge in [-0.3, -0.25) is 0 Å². The quantitative estimate of drug-likeness (QED) is 0.800. The molecule has 4 heteroatoms. The average molecular weight is 293 g/mol. The monoisotopic (exact) mass is 293 g/mol. The highest BCUT2D eigenvalue weighted by molar-refractivity contribution is 5.64. The van der Waals surface area contributed by atoms with Crippen LogP contribution >= 0.6 is 0 Å². The Kier molecular flexibility index (Phi) is 3.94. The summed E-state index contributed by atoms with van der Waals surface area (Å²) in [7, 11) is 0. The SMILES string of the molecule is Cc1ccc(-c2nc(CN)cc(-c3ccc(F)cc3)n2)cc1. The predicted molar refractivity (Wildman–Crippen MR) is 85.5 cm³/mol. The second-order valence-corrected chi connectivity index (χ2v) is 5.15. The van der Waals surface area contributed by atoms with Crippen molar-refractivity contribution in [2.24, 2.45) is 5.73 Å². The first kappa shape index (κ1) is 14.4. The number of halogens is 1. The molecule has 3 nitrogen and oxygen atoms in total. The molecule has 0 aliphatic rings. The van der Waals surface area contributed by atoms with E-state index < -0.39 is 0 Å². The Bertz CT molecular complexity index is 717. The summed E-state index contributed by atoms with van der Waals surface area (Å²) in [5, 5.41) is 0. The molecule has 1 aromatic heterocycles. The van der Waals surface area contributed by atoms with Crippen molar-refractivity contribution in [3.63, 3.8) is 0 Å². The predicted octanol–water partition coefficient (Wildman–Crippen LogP) is 3.72. The number of aromatic nitrogens is 2. The Labute approximate surface area is 128 Å². The van der Waals surface area contributed by atoms with Crippen LogP contribution in [0, 0.1) is 12.7 Å². The molecule has 110 valence electrons. The number of hydrogen-bond donors (Lipinski definition) is 1. The molecular weight excluding hydrogens is 277 g/mol. The lowest BCUT2D eigenvalue weighted by Crippen LogP contribution is -2.03. The molecule has 0 spiro atoms. The summed E-state index contributed by atoms with van der Waals surface area (Å²) in [6.07, 6.45) is 0. The number of benzene rings is 2. The summed E-state index contributed by atoms with van der Waals surface area (Å²) in [4.78, 5) is 9.08. The van der Waals surface area contributed by atoms with E-state index in [1.165, 1.54) is 17.7 Å². The average Bonchev–Trinajstić information content (AvgIpc) is 2.55. The van der Waals surface area contributed by atoms with E-state index in [0.29, 0.717) is 12.4 Å². The highest BCUT2D eigenvalue weighted by Gasteiger charge is 2.08. The van der Waals surface area contributed by atoms with E-state index in [-0.39, 0.29) is 5.82 Å². The van der Waals surface area contributed by atoms with Gasteiger partial charge >= 0.3 is 0 Å². The standard InChI is InChI=1S/C18H16FN3/c1-12-2-4-14(5-3-12)18-21-16(11-20)10-17(22-18)13-6-8-15(19)9-7-13/h2-10H,11,20H2,1H3. The van der Waals surface area contributed by atoms with Gasteiger partial charge in [-0.15, -0.1) is 0 Å². The van der Waals surface area contributed by atoms with Crippen LogP contribution in [0.2, 0.25) is 0 Å². The highest BCUT2D eigenvalue weighted by Crippen LogP contribution is 2.23. The van der Waals surface area contributed by atoms with Gasteiger partial charge in [-0.05, 0) is 37.3 Å². The first-order valence-electron chi connectivity index (χ1n) is 7.07. The number of nitrogens with zero attached hydrogens (tertiary/aromatic N) is 2. The number of rotatable bonds is 3.